The molecule has 0 heterocycles. The van der Waals surface area contributed by atoms with E-state index in [-0.39, 0.29) is 0 Å². The fraction of sp³-hybridized carbons (Fsp3) is 1.00. The average Bonchev–Trinajstić information content (AvgIpc) is 1.97. The number of unbranched alkanes of at least 4 members (excludes halogenated alkanes) is 2. The molecule has 0 radical (unpaired) electrons. The largest absolute Gasteiger partial charge is 0.0942 e. The van der Waals surface area contributed by atoms with Gasteiger partial charge in [-0.1, -0.05) is 48.3 Å². The van der Waals surface area contributed by atoms with E-state index in [9.17, 15) is 0 Å². The average molecular weight is 178 g/mol. The van der Waals surface area contributed by atoms with E-state index in [2.05, 4.69) is 13.8 Å². The first-order valence-electron chi connectivity index (χ1n) is 4.16. The molecule has 0 N–H and O–H groups in total. The highest BCUT2D eigenvalue weighted by Crippen LogP contribution is 2.23. The minimum atomic E-state index is 1.33. The number of rotatable bonds is 7. The van der Waals surface area contributed by atoms with Crippen LogP contribution in [0.2, 0.25) is 0 Å². The highest BCUT2D eigenvalue weighted by Gasteiger charge is 1.88. The van der Waals surface area contributed by atoms with Crippen LogP contribution in [0.3, 0.4) is 0 Å². The summed E-state index contributed by atoms with van der Waals surface area (Å²) >= 11 is 0. The Bertz CT molecular complexity index is 47.2. The third-order valence-electron chi connectivity index (χ3n) is 1.25. The van der Waals surface area contributed by atoms with Crippen molar-refractivity contribution in [2.75, 3.05) is 11.5 Å². The first-order valence-corrected chi connectivity index (χ1v) is 6.65. The second-order valence-corrected chi connectivity index (χ2v) is 5.05. The summed E-state index contributed by atoms with van der Waals surface area (Å²) in [5, 5.41) is 0. The first-order chi connectivity index (χ1) is 4.91. The molecule has 0 saturated carbocycles. The zero-order valence-electron chi connectivity index (χ0n) is 7.06. The summed E-state index contributed by atoms with van der Waals surface area (Å²) in [5.74, 6) is 2.68. The Morgan fingerprint density at radius 3 is 1.50 bits per heavy atom. The molecule has 0 bridgehead atoms. The van der Waals surface area contributed by atoms with E-state index in [0.29, 0.717) is 0 Å². The zero-order chi connectivity index (χ0) is 7.66. The topological polar surface area (TPSA) is 0 Å². The molecule has 0 aromatic heterocycles. The second kappa shape index (κ2) is 9.70. The molecule has 0 amide bonds. The first kappa shape index (κ1) is 10.7. The zero-order valence-corrected chi connectivity index (χ0v) is 8.69. The molecule has 0 rings (SSSR count). The van der Waals surface area contributed by atoms with E-state index in [1.807, 2.05) is 21.6 Å². The van der Waals surface area contributed by atoms with Gasteiger partial charge in [-0.3, -0.25) is 0 Å². The lowest BCUT2D eigenvalue weighted by atomic mass is 10.4. The van der Waals surface area contributed by atoms with E-state index in [1.165, 1.54) is 37.2 Å². The van der Waals surface area contributed by atoms with E-state index < -0.39 is 0 Å². The molecule has 0 unspecified atom stereocenters. The van der Waals surface area contributed by atoms with Gasteiger partial charge < -0.3 is 0 Å². The van der Waals surface area contributed by atoms with Crippen LogP contribution in [-0.4, -0.2) is 11.5 Å². The van der Waals surface area contributed by atoms with Crippen LogP contribution in [0.15, 0.2) is 0 Å². The van der Waals surface area contributed by atoms with Gasteiger partial charge in [-0.2, -0.15) is 0 Å². The van der Waals surface area contributed by atoms with Gasteiger partial charge in [-0.25, -0.2) is 0 Å². The van der Waals surface area contributed by atoms with Gasteiger partial charge in [-0.05, 0) is 12.8 Å². The molecule has 0 nitrogen and oxygen atoms in total. The Morgan fingerprint density at radius 1 is 0.800 bits per heavy atom. The Labute approximate surface area is 72.9 Å². The maximum absolute atomic E-state index is 2.25. The lowest BCUT2D eigenvalue weighted by molar-refractivity contribution is 0.895. The predicted octanol–water partition coefficient (Wildman–Crippen LogP) is 3.97. The minimum absolute atomic E-state index is 1.33. The van der Waals surface area contributed by atoms with Gasteiger partial charge in [0.25, 0.3) is 0 Å². The summed E-state index contributed by atoms with van der Waals surface area (Å²) in [4.78, 5) is 0. The van der Waals surface area contributed by atoms with E-state index in [0.717, 1.165) is 0 Å². The highest BCUT2D eigenvalue weighted by atomic mass is 33.1. The maximum Gasteiger partial charge on any atom is 0.00368 e. The van der Waals surface area contributed by atoms with Gasteiger partial charge in [-0.15, -0.1) is 0 Å². The molecule has 0 spiro atoms. The molecule has 0 aliphatic heterocycles. The van der Waals surface area contributed by atoms with Crippen LogP contribution in [0.4, 0.5) is 0 Å². The quantitative estimate of drug-likeness (QED) is 0.427. The molecular weight excluding hydrogens is 160 g/mol. The van der Waals surface area contributed by atoms with E-state index >= 15 is 0 Å². The minimum Gasteiger partial charge on any atom is -0.0942 e. The third kappa shape index (κ3) is 8.70. The maximum atomic E-state index is 2.25. The molecule has 0 fully saturated rings. The molecule has 0 aliphatic rings. The summed E-state index contributed by atoms with van der Waals surface area (Å²) in [6.45, 7) is 4.49. The van der Waals surface area contributed by atoms with Crippen molar-refractivity contribution < 1.29 is 0 Å². The number of hydrogen-bond donors (Lipinski definition) is 0. The van der Waals surface area contributed by atoms with Gasteiger partial charge in [0.2, 0.25) is 0 Å². The van der Waals surface area contributed by atoms with Crippen molar-refractivity contribution in [2.24, 2.45) is 0 Å². The molecule has 10 heavy (non-hydrogen) atoms. The molecule has 0 aromatic rings. The van der Waals surface area contributed by atoms with Crippen LogP contribution in [0.1, 0.15) is 39.5 Å². The summed E-state index contributed by atoms with van der Waals surface area (Å²) in [6, 6.07) is 0. The summed E-state index contributed by atoms with van der Waals surface area (Å²) in [5.41, 5.74) is 0. The standard InChI is InChI=1S/C8H18S2/c1-3-5-7-9-10-8-6-4-2/h3-8H2,1-2H3. The molecule has 62 valence electrons. The lowest BCUT2D eigenvalue weighted by Gasteiger charge is -1.97. The normalized spacial score (nSPS) is 10.2. The Kier molecular flexibility index (Phi) is 10.4. The second-order valence-electron chi connectivity index (χ2n) is 2.35. The van der Waals surface area contributed by atoms with Crippen LogP contribution < -0.4 is 0 Å². The van der Waals surface area contributed by atoms with Crippen molar-refractivity contribution in [2.45, 2.75) is 39.5 Å². The van der Waals surface area contributed by atoms with Gasteiger partial charge in [0.05, 0.1) is 0 Å². The van der Waals surface area contributed by atoms with Crippen LogP contribution in [0.25, 0.3) is 0 Å². The summed E-state index contributed by atoms with van der Waals surface area (Å²) in [6.07, 6.45) is 5.43. The van der Waals surface area contributed by atoms with Gasteiger partial charge in [0, 0.05) is 11.5 Å². The fourth-order valence-electron chi connectivity index (χ4n) is 0.524. The molecule has 0 aromatic carbocycles. The third-order valence-corrected chi connectivity index (χ3v) is 3.82. The van der Waals surface area contributed by atoms with Crippen molar-refractivity contribution >= 4 is 21.6 Å². The summed E-state index contributed by atoms with van der Waals surface area (Å²) in [7, 11) is 4.07. The van der Waals surface area contributed by atoms with Crippen molar-refractivity contribution in [3.63, 3.8) is 0 Å². The monoisotopic (exact) mass is 178 g/mol. The van der Waals surface area contributed by atoms with Crippen molar-refractivity contribution in [1.29, 1.82) is 0 Å². The van der Waals surface area contributed by atoms with Crippen LogP contribution in [-0.2, 0) is 0 Å². The van der Waals surface area contributed by atoms with Gasteiger partial charge in [0.15, 0.2) is 0 Å². The van der Waals surface area contributed by atoms with Crippen LogP contribution >= 0.6 is 21.6 Å². The fourth-order valence-corrected chi connectivity index (χ4v) is 2.99. The smallest absolute Gasteiger partial charge is 0.00368 e. The molecule has 0 saturated heterocycles. The SMILES string of the molecule is CCCCSSCCCC. The Morgan fingerprint density at radius 2 is 1.20 bits per heavy atom. The lowest BCUT2D eigenvalue weighted by Crippen LogP contribution is -1.76. The Balaban J connectivity index is 2.65. The van der Waals surface area contributed by atoms with Crippen molar-refractivity contribution in [3.8, 4) is 0 Å². The van der Waals surface area contributed by atoms with Crippen molar-refractivity contribution in [3.05, 3.63) is 0 Å². The Hall–Kier alpha value is 0.700. The van der Waals surface area contributed by atoms with Crippen LogP contribution in [0.5, 0.6) is 0 Å². The number of hydrogen-bond acceptors (Lipinski definition) is 2. The molecular formula is C8H18S2. The molecule has 2 heteroatoms. The highest BCUT2D eigenvalue weighted by molar-refractivity contribution is 8.76. The molecule has 0 aliphatic carbocycles. The van der Waals surface area contributed by atoms with E-state index in [1.54, 1.807) is 0 Å². The van der Waals surface area contributed by atoms with Crippen LogP contribution in [0, 0.1) is 0 Å². The summed E-state index contributed by atoms with van der Waals surface area (Å²) < 4.78 is 0. The van der Waals surface area contributed by atoms with Gasteiger partial charge >= 0.3 is 0 Å². The molecule has 0 atom stereocenters. The van der Waals surface area contributed by atoms with E-state index in [4.69, 9.17) is 0 Å². The predicted molar refractivity (Wildman–Crippen MR) is 54.7 cm³/mol. The van der Waals surface area contributed by atoms with Crippen molar-refractivity contribution in [1.82, 2.24) is 0 Å². The van der Waals surface area contributed by atoms with Gasteiger partial charge in [0.1, 0.15) is 0 Å².